The zero-order valence-electron chi connectivity index (χ0n) is 12.2. The van der Waals surface area contributed by atoms with Crippen LogP contribution in [0.25, 0.3) is 0 Å². The first-order valence-electron chi connectivity index (χ1n) is 7.30. The normalized spacial score (nSPS) is 18.9. The standard InChI is InChI=1S/C14H29N3O/c1-12(2)9-16-14(18)10-15-13(3)11-17-7-5-4-6-8-17/h12-13,15H,4-11H2,1-3H3,(H,16,18). The van der Waals surface area contributed by atoms with Crippen LogP contribution < -0.4 is 10.6 Å². The number of hydrogen-bond donors (Lipinski definition) is 2. The minimum absolute atomic E-state index is 0.106. The van der Waals surface area contributed by atoms with Gasteiger partial charge < -0.3 is 15.5 Å². The highest BCUT2D eigenvalue weighted by Crippen LogP contribution is 2.08. The van der Waals surface area contributed by atoms with Gasteiger partial charge in [0, 0.05) is 19.1 Å². The number of nitrogens with one attached hydrogen (secondary N) is 2. The van der Waals surface area contributed by atoms with Crippen molar-refractivity contribution in [3.05, 3.63) is 0 Å². The molecule has 1 amide bonds. The maximum absolute atomic E-state index is 11.6. The van der Waals surface area contributed by atoms with Crippen molar-refractivity contribution in [3.63, 3.8) is 0 Å². The van der Waals surface area contributed by atoms with Gasteiger partial charge in [0.15, 0.2) is 0 Å². The van der Waals surface area contributed by atoms with E-state index in [2.05, 4.69) is 36.3 Å². The van der Waals surface area contributed by atoms with Crippen LogP contribution in [0.4, 0.5) is 0 Å². The van der Waals surface area contributed by atoms with E-state index in [1.54, 1.807) is 0 Å². The molecule has 4 heteroatoms. The second kappa shape index (κ2) is 8.48. The Morgan fingerprint density at radius 2 is 1.83 bits per heavy atom. The zero-order valence-corrected chi connectivity index (χ0v) is 12.2. The SMILES string of the molecule is CC(C)CNC(=O)CNC(C)CN1CCCCC1. The molecule has 106 valence electrons. The molecule has 0 aromatic heterocycles. The molecule has 0 aliphatic carbocycles. The van der Waals surface area contributed by atoms with Gasteiger partial charge in [0.1, 0.15) is 0 Å². The lowest BCUT2D eigenvalue weighted by atomic mass is 10.1. The molecule has 1 rings (SSSR count). The highest BCUT2D eigenvalue weighted by molar-refractivity contribution is 5.77. The number of piperidine rings is 1. The number of nitrogens with zero attached hydrogens (tertiary/aromatic N) is 1. The molecule has 0 radical (unpaired) electrons. The molecule has 1 saturated heterocycles. The molecule has 0 saturated carbocycles. The summed E-state index contributed by atoms with van der Waals surface area (Å²) < 4.78 is 0. The van der Waals surface area contributed by atoms with Gasteiger partial charge in [0.2, 0.25) is 5.91 Å². The number of hydrogen-bond acceptors (Lipinski definition) is 3. The Morgan fingerprint density at radius 3 is 2.44 bits per heavy atom. The number of amides is 1. The average molecular weight is 255 g/mol. The molecule has 2 N–H and O–H groups in total. The number of likely N-dealkylation sites (tertiary alicyclic amines) is 1. The van der Waals surface area contributed by atoms with E-state index in [0.717, 1.165) is 13.1 Å². The third-order valence-corrected chi connectivity index (χ3v) is 3.30. The van der Waals surface area contributed by atoms with Crippen LogP contribution in [-0.4, -0.2) is 49.6 Å². The largest absolute Gasteiger partial charge is 0.355 e. The van der Waals surface area contributed by atoms with E-state index in [4.69, 9.17) is 0 Å². The van der Waals surface area contributed by atoms with Gasteiger partial charge in [-0.25, -0.2) is 0 Å². The summed E-state index contributed by atoms with van der Waals surface area (Å²) in [4.78, 5) is 14.1. The van der Waals surface area contributed by atoms with Crippen LogP contribution in [0.15, 0.2) is 0 Å². The first-order chi connectivity index (χ1) is 8.58. The Bertz CT molecular complexity index is 237. The van der Waals surface area contributed by atoms with Gasteiger partial charge in [0.05, 0.1) is 6.54 Å². The molecule has 0 bridgehead atoms. The molecule has 18 heavy (non-hydrogen) atoms. The molecule has 0 aromatic rings. The van der Waals surface area contributed by atoms with E-state index in [9.17, 15) is 4.79 Å². The van der Waals surface area contributed by atoms with Crippen molar-refractivity contribution in [2.45, 2.75) is 46.1 Å². The molecular formula is C14H29N3O. The predicted molar refractivity (Wildman–Crippen MR) is 75.6 cm³/mol. The quantitative estimate of drug-likeness (QED) is 0.719. The molecule has 1 heterocycles. The Kier molecular flexibility index (Phi) is 7.28. The summed E-state index contributed by atoms with van der Waals surface area (Å²) in [7, 11) is 0. The van der Waals surface area contributed by atoms with Gasteiger partial charge >= 0.3 is 0 Å². The van der Waals surface area contributed by atoms with E-state index in [-0.39, 0.29) is 5.91 Å². The molecule has 4 nitrogen and oxygen atoms in total. The number of carbonyl (C=O) groups excluding carboxylic acids is 1. The first-order valence-corrected chi connectivity index (χ1v) is 7.30. The van der Waals surface area contributed by atoms with E-state index in [0.29, 0.717) is 18.5 Å². The third-order valence-electron chi connectivity index (χ3n) is 3.30. The molecule has 1 unspecified atom stereocenters. The fourth-order valence-corrected chi connectivity index (χ4v) is 2.24. The first kappa shape index (κ1) is 15.4. The lowest BCUT2D eigenvalue weighted by Crippen LogP contribution is -2.45. The topological polar surface area (TPSA) is 44.4 Å². The van der Waals surface area contributed by atoms with Crippen LogP contribution in [0.3, 0.4) is 0 Å². The van der Waals surface area contributed by atoms with Gasteiger partial charge in [-0.2, -0.15) is 0 Å². The Morgan fingerprint density at radius 1 is 1.17 bits per heavy atom. The highest BCUT2D eigenvalue weighted by atomic mass is 16.1. The van der Waals surface area contributed by atoms with Crippen LogP contribution >= 0.6 is 0 Å². The Hall–Kier alpha value is -0.610. The van der Waals surface area contributed by atoms with E-state index < -0.39 is 0 Å². The van der Waals surface area contributed by atoms with E-state index in [1.165, 1.54) is 32.4 Å². The van der Waals surface area contributed by atoms with E-state index in [1.807, 2.05) is 0 Å². The summed E-state index contributed by atoms with van der Waals surface area (Å²) in [5, 5.41) is 6.23. The average Bonchev–Trinajstić information content (AvgIpc) is 2.35. The fourth-order valence-electron chi connectivity index (χ4n) is 2.24. The van der Waals surface area contributed by atoms with Crippen LogP contribution in [-0.2, 0) is 4.79 Å². The fraction of sp³-hybridized carbons (Fsp3) is 0.929. The summed E-state index contributed by atoms with van der Waals surface area (Å²) in [5.74, 6) is 0.619. The predicted octanol–water partition coefficient (Wildman–Crippen LogP) is 1.22. The van der Waals surface area contributed by atoms with Crippen molar-refractivity contribution in [1.29, 1.82) is 0 Å². The van der Waals surface area contributed by atoms with Crippen molar-refractivity contribution in [3.8, 4) is 0 Å². The number of rotatable bonds is 7. The smallest absolute Gasteiger partial charge is 0.233 e. The Labute approximate surface area is 111 Å². The van der Waals surface area contributed by atoms with Gasteiger partial charge in [0.25, 0.3) is 0 Å². The van der Waals surface area contributed by atoms with Crippen LogP contribution in [0.1, 0.15) is 40.0 Å². The van der Waals surface area contributed by atoms with Crippen molar-refractivity contribution >= 4 is 5.91 Å². The molecule has 1 fully saturated rings. The third kappa shape index (κ3) is 6.97. The summed E-state index contributed by atoms with van der Waals surface area (Å²) in [6.45, 7) is 11.0. The highest BCUT2D eigenvalue weighted by Gasteiger charge is 2.13. The number of carbonyl (C=O) groups is 1. The van der Waals surface area contributed by atoms with Gasteiger partial charge in [-0.05, 0) is 38.8 Å². The molecule has 0 spiro atoms. The molecule has 1 aliphatic heterocycles. The summed E-state index contributed by atoms with van der Waals surface area (Å²) >= 11 is 0. The lowest BCUT2D eigenvalue weighted by Gasteiger charge is -2.29. The van der Waals surface area contributed by atoms with E-state index >= 15 is 0 Å². The minimum atomic E-state index is 0.106. The van der Waals surface area contributed by atoms with Gasteiger partial charge in [-0.15, -0.1) is 0 Å². The molecular weight excluding hydrogens is 226 g/mol. The monoisotopic (exact) mass is 255 g/mol. The molecule has 1 aliphatic rings. The van der Waals surface area contributed by atoms with Crippen molar-refractivity contribution in [1.82, 2.24) is 15.5 Å². The van der Waals surface area contributed by atoms with Gasteiger partial charge in [-0.3, -0.25) is 4.79 Å². The second-order valence-corrected chi connectivity index (χ2v) is 5.84. The van der Waals surface area contributed by atoms with Crippen molar-refractivity contribution in [2.75, 3.05) is 32.7 Å². The van der Waals surface area contributed by atoms with Crippen molar-refractivity contribution in [2.24, 2.45) is 5.92 Å². The van der Waals surface area contributed by atoms with Gasteiger partial charge in [-0.1, -0.05) is 20.3 Å². The molecule has 0 aromatic carbocycles. The summed E-state index contributed by atoms with van der Waals surface area (Å²) in [5.41, 5.74) is 0. The summed E-state index contributed by atoms with van der Waals surface area (Å²) in [6.07, 6.45) is 4.01. The summed E-state index contributed by atoms with van der Waals surface area (Å²) in [6, 6.07) is 0.382. The Balaban J connectivity index is 2.08. The van der Waals surface area contributed by atoms with Crippen LogP contribution in [0, 0.1) is 5.92 Å². The lowest BCUT2D eigenvalue weighted by molar-refractivity contribution is -0.120. The van der Waals surface area contributed by atoms with Crippen LogP contribution in [0.5, 0.6) is 0 Å². The van der Waals surface area contributed by atoms with Crippen LogP contribution in [0.2, 0.25) is 0 Å². The minimum Gasteiger partial charge on any atom is -0.355 e. The van der Waals surface area contributed by atoms with Crippen molar-refractivity contribution < 1.29 is 4.79 Å². The maximum atomic E-state index is 11.6. The molecule has 1 atom stereocenters. The maximum Gasteiger partial charge on any atom is 0.233 e. The second-order valence-electron chi connectivity index (χ2n) is 5.84. The zero-order chi connectivity index (χ0) is 13.4.